The molecule has 0 bridgehead atoms. The SMILES string of the molecule is COC(=O)c1ccc(CN(C(COC(C)=O)c2ccccc2)S(=O)(=O)c2ccc(Cl)cc2)cc1. The predicted molar refractivity (Wildman–Crippen MR) is 128 cm³/mol. The van der Waals surface area contributed by atoms with Crippen molar-refractivity contribution in [2.45, 2.75) is 24.4 Å². The summed E-state index contributed by atoms with van der Waals surface area (Å²) >= 11 is 5.96. The van der Waals surface area contributed by atoms with Crippen LogP contribution in [0.15, 0.2) is 83.8 Å². The van der Waals surface area contributed by atoms with Crippen LogP contribution in [0.1, 0.15) is 34.5 Å². The summed E-state index contributed by atoms with van der Waals surface area (Å²) in [5, 5.41) is 0.406. The molecular formula is C25H24ClNO6S. The third kappa shape index (κ3) is 6.22. The molecule has 0 aliphatic heterocycles. The van der Waals surface area contributed by atoms with Gasteiger partial charge in [-0.1, -0.05) is 54.1 Å². The standard InChI is InChI=1S/C25H24ClNO6S/c1-18(28)33-17-24(20-6-4-3-5-7-20)27(34(30,31)23-14-12-22(26)13-15-23)16-19-8-10-21(11-9-19)25(29)32-2/h3-15,24H,16-17H2,1-2H3. The first-order valence-electron chi connectivity index (χ1n) is 10.4. The van der Waals surface area contributed by atoms with Gasteiger partial charge in [0, 0.05) is 18.5 Å². The average molecular weight is 502 g/mol. The van der Waals surface area contributed by atoms with Gasteiger partial charge in [-0.05, 0) is 47.5 Å². The minimum atomic E-state index is -4.05. The van der Waals surface area contributed by atoms with Crippen molar-refractivity contribution in [2.24, 2.45) is 0 Å². The second-order valence-corrected chi connectivity index (χ2v) is 9.75. The second-order valence-electron chi connectivity index (χ2n) is 7.42. The fraction of sp³-hybridized carbons (Fsp3) is 0.200. The number of esters is 2. The third-order valence-electron chi connectivity index (χ3n) is 5.11. The quantitative estimate of drug-likeness (QED) is 0.397. The van der Waals surface area contributed by atoms with E-state index in [2.05, 4.69) is 0 Å². The van der Waals surface area contributed by atoms with E-state index >= 15 is 0 Å². The van der Waals surface area contributed by atoms with Crippen molar-refractivity contribution >= 4 is 33.6 Å². The van der Waals surface area contributed by atoms with Crippen LogP contribution in [-0.2, 0) is 30.8 Å². The Hall–Kier alpha value is -3.20. The molecule has 0 N–H and O–H groups in total. The molecule has 0 spiro atoms. The molecule has 1 atom stereocenters. The molecule has 0 heterocycles. The summed E-state index contributed by atoms with van der Waals surface area (Å²) in [5.74, 6) is -1.01. The van der Waals surface area contributed by atoms with Gasteiger partial charge in [-0.3, -0.25) is 4.79 Å². The molecule has 7 nitrogen and oxygen atoms in total. The molecule has 0 amide bonds. The Bertz CT molecular complexity index is 1230. The molecule has 0 aliphatic carbocycles. The number of nitrogens with zero attached hydrogens (tertiary/aromatic N) is 1. The van der Waals surface area contributed by atoms with Gasteiger partial charge in [0.1, 0.15) is 6.61 Å². The average Bonchev–Trinajstić information content (AvgIpc) is 2.84. The van der Waals surface area contributed by atoms with E-state index in [9.17, 15) is 18.0 Å². The highest BCUT2D eigenvalue weighted by Gasteiger charge is 2.33. The molecular weight excluding hydrogens is 478 g/mol. The van der Waals surface area contributed by atoms with E-state index in [0.29, 0.717) is 21.7 Å². The van der Waals surface area contributed by atoms with Crippen molar-refractivity contribution in [2.75, 3.05) is 13.7 Å². The molecule has 34 heavy (non-hydrogen) atoms. The fourth-order valence-corrected chi connectivity index (χ4v) is 5.08. The lowest BCUT2D eigenvalue weighted by atomic mass is 10.1. The smallest absolute Gasteiger partial charge is 0.337 e. The van der Waals surface area contributed by atoms with Gasteiger partial charge >= 0.3 is 11.9 Å². The number of carbonyl (C=O) groups excluding carboxylic acids is 2. The van der Waals surface area contributed by atoms with Gasteiger partial charge in [0.2, 0.25) is 10.0 Å². The monoisotopic (exact) mass is 501 g/mol. The Morgan fingerprint density at radius 3 is 2.12 bits per heavy atom. The number of hydrogen-bond donors (Lipinski definition) is 0. The molecule has 0 saturated heterocycles. The van der Waals surface area contributed by atoms with E-state index in [-0.39, 0.29) is 18.0 Å². The normalized spacial score (nSPS) is 12.2. The molecule has 0 saturated carbocycles. The third-order valence-corrected chi connectivity index (χ3v) is 7.23. The number of carbonyl (C=O) groups is 2. The highest BCUT2D eigenvalue weighted by atomic mass is 35.5. The van der Waals surface area contributed by atoms with Gasteiger partial charge in [0.05, 0.1) is 23.6 Å². The maximum Gasteiger partial charge on any atom is 0.337 e. The first-order chi connectivity index (χ1) is 16.2. The van der Waals surface area contributed by atoms with Gasteiger partial charge in [-0.25, -0.2) is 13.2 Å². The molecule has 0 aliphatic rings. The van der Waals surface area contributed by atoms with Crippen LogP contribution in [0, 0.1) is 0 Å². The van der Waals surface area contributed by atoms with E-state index < -0.39 is 28.0 Å². The molecule has 9 heteroatoms. The van der Waals surface area contributed by atoms with Gasteiger partial charge in [0.25, 0.3) is 0 Å². The van der Waals surface area contributed by atoms with Crippen molar-refractivity contribution in [3.63, 3.8) is 0 Å². The summed E-state index contributed by atoms with van der Waals surface area (Å²) < 4.78 is 38.9. The van der Waals surface area contributed by atoms with E-state index in [1.54, 1.807) is 48.5 Å². The van der Waals surface area contributed by atoms with Crippen LogP contribution < -0.4 is 0 Å². The number of benzene rings is 3. The van der Waals surface area contributed by atoms with Crippen LogP contribution in [0.25, 0.3) is 0 Å². The number of sulfonamides is 1. The molecule has 0 aromatic heterocycles. The van der Waals surface area contributed by atoms with Crippen molar-refractivity contribution in [3.8, 4) is 0 Å². The number of ether oxygens (including phenoxy) is 2. The summed E-state index contributed by atoms with van der Waals surface area (Å²) in [6, 6.07) is 20.5. The number of rotatable bonds is 9. The molecule has 178 valence electrons. The van der Waals surface area contributed by atoms with Crippen LogP contribution >= 0.6 is 11.6 Å². The lowest BCUT2D eigenvalue weighted by Gasteiger charge is -2.31. The Morgan fingerprint density at radius 2 is 1.56 bits per heavy atom. The molecule has 3 aromatic rings. The van der Waals surface area contributed by atoms with Gasteiger partial charge in [-0.2, -0.15) is 4.31 Å². The summed E-state index contributed by atoms with van der Waals surface area (Å²) in [7, 11) is -2.76. The maximum absolute atomic E-state index is 13.8. The number of methoxy groups -OCH3 is 1. The summed E-state index contributed by atoms with van der Waals surface area (Å²) in [4.78, 5) is 23.4. The highest BCUT2D eigenvalue weighted by molar-refractivity contribution is 7.89. The van der Waals surface area contributed by atoms with E-state index in [4.69, 9.17) is 21.1 Å². The largest absolute Gasteiger partial charge is 0.465 e. The van der Waals surface area contributed by atoms with E-state index in [1.807, 2.05) is 6.07 Å². The topological polar surface area (TPSA) is 90.0 Å². The van der Waals surface area contributed by atoms with Crippen LogP contribution in [0.2, 0.25) is 5.02 Å². The summed E-state index contributed by atoms with van der Waals surface area (Å²) in [6.45, 7) is 1.06. The lowest BCUT2D eigenvalue weighted by Crippen LogP contribution is -2.37. The highest BCUT2D eigenvalue weighted by Crippen LogP contribution is 2.31. The van der Waals surface area contributed by atoms with Crippen LogP contribution in [-0.4, -0.2) is 38.4 Å². The van der Waals surface area contributed by atoms with Crippen molar-refractivity contribution in [3.05, 3.63) is 101 Å². The molecule has 0 radical (unpaired) electrons. The van der Waals surface area contributed by atoms with Gasteiger partial charge < -0.3 is 9.47 Å². The fourth-order valence-electron chi connectivity index (χ4n) is 3.37. The number of halogens is 1. The van der Waals surface area contributed by atoms with E-state index in [0.717, 1.165) is 0 Å². The van der Waals surface area contributed by atoms with Crippen LogP contribution in [0.4, 0.5) is 0 Å². The number of hydrogen-bond acceptors (Lipinski definition) is 6. The van der Waals surface area contributed by atoms with E-state index in [1.165, 1.54) is 42.6 Å². The Kier molecular flexibility index (Phi) is 8.44. The molecule has 3 rings (SSSR count). The van der Waals surface area contributed by atoms with Crippen LogP contribution in [0.3, 0.4) is 0 Å². The first-order valence-corrected chi connectivity index (χ1v) is 12.2. The van der Waals surface area contributed by atoms with Gasteiger partial charge in [-0.15, -0.1) is 0 Å². The minimum absolute atomic E-state index is 0.0345. The summed E-state index contributed by atoms with van der Waals surface area (Å²) in [5.41, 5.74) is 1.64. The van der Waals surface area contributed by atoms with Crippen molar-refractivity contribution < 1.29 is 27.5 Å². The zero-order valence-electron chi connectivity index (χ0n) is 18.7. The Balaban J connectivity index is 2.08. The second kappa shape index (κ2) is 11.3. The molecule has 1 unspecified atom stereocenters. The Labute approximate surface area is 203 Å². The lowest BCUT2D eigenvalue weighted by molar-refractivity contribution is -0.142. The molecule has 0 fully saturated rings. The zero-order chi connectivity index (χ0) is 24.7. The summed E-state index contributed by atoms with van der Waals surface area (Å²) in [6.07, 6.45) is 0. The van der Waals surface area contributed by atoms with Crippen molar-refractivity contribution in [1.29, 1.82) is 0 Å². The van der Waals surface area contributed by atoms with Gasteiger partial charge in [0.15, 0.2) is 0 Å². The maximum atomic E-state index is 13.8. The first kappa shape index (κ1) is 25.4. The molecule has 3 aromatic carbocycles. The predicted octanol–water partition coefficient (Wildman–Crippen LogP) is 4.62. The zero-order valence-corrected chi connectivity index (χ0v) is 20.3. The minimum Gasteiger partial charge on any atom is -0.465 e. The Morgan fingerprint density at radius 1 is 0.941 bits per heavy atom. The van der Waals surface area contributed by atoms with Crippen LogP contribution in [0.5, 0.6) is 0 Å². The van der Waals surface area contributed by atoms with Crippen molar-refractivity contribution in [1.82, 2.24) is 4.31 Å².